The maximum absolute atomic E-state index is 12.5. The lowest BCUT2D eigenvalue weighted by molar-refractivity contribution is -0.117. The standard InChI is InChI=1S/C29H32N6O3S/c1-19(22-10-4-3-5-11-22)28(38)31-29-35-34-27(39-29)14-7-6-13-24-15-16-25(33-32-24)30-26(37)18-21-9-8-12-23(17-21)20(2)36/h3-5,8-12,15-17,19-20,36H,6-7,13-14,18H2,1-2H3,(H,30,33,37)(H,31,35,38)/t19-,20?/m1/s1. The summed E-state index contributed by atoms with van der Waals surface area (Å²) in [6.45, 7) is 3.56. The number of carbonyl (C=O) groups excluding carboxylic acids is 2. The molecule has 2 amide bonds. The maximum atomic E-state index is 12.5. The zero-order valence-electron chi connectivity index (χ0n) is 22.0. The smallest absolute Gasteiger partial charge is 0.233 e. The third-order valence-corrected chi connectivity index (χ3v) is 7.15. The van der Waals surface area contributed by atoms with E-state index in [1.54, 1.807) is 13.0 Å². The number of unbranched alkanes of at least 4 members (excludes halogenated alkanes) is 1. The highest BCUT2D eigenvalue weighted by molar-refractivity contribution is 7.15. The SMILES string of the molecule is CC(O)c1cccc(CC(=O)Nc2ccc(CCCCc3nnc(NC(=O)[C@H](C)c4ccccc4)s3)nn2)c1. The van der Waals surface area contributed by atoms with Gasteiger partial charge in [-0.15, -0.1) is 15.3 Å². The zero-order chi connectivity index (χ0) is 27.6. The molecule has 0 saturated heterocycles. The fraction of sp³-hybridized carbons (Fsp3) is 0.310. The summed E-state index contributed by atoms with van der Waals surface area (Å²) >= 11 is 1.40. The molecule has 0 aliphatic carbocycles. The molecule has 4 rings (SSSR count). The third-order valence-electron chi connectivity index (χ3n) is 6.25. The van der Waals surface area contributed by atoms with Gasteiger partial charge in [0.15, 0.2) is 5.82 Å². The number of amides is 2. The number of rotatable bonds is 12. The minimum atomic E-state index is -0.580. The van der Waals surface area contributed by atoms with Crippen LogP contribution in [0.3, 0.4) is 0 Å². The van der Waals surface area contributed by atoms with E-state index in [2.05, 4.69) is 31.0 Å². The molecule has 2 heterocycles. The van der Waals surface area contributed by atoms with Crippen LogP contribution in [0.2, 0.25) is 0 Å². The number of carbonyl (C=O) groups is 2. The van der Waals surface area contributed by atoms with Crippen molar-refractivity contribution < 1.29 is 14.7 Å². The Morgan fingerprint density at radius 1 is 0.846 bits per heavy atom. The van der Waals surface area contributed by atoms with E-state index < -0.39 is 6.10 Å². The van der Waals surface area contributed by atoms with Crippen LogP contribution >= 0.6 is 11.3 Å². The first-order valence-electron chi connectivity index (χ1n) is 12.9. The van der Waals surface area contributed by atoms with Crippen molar-refractivity contribution in [2.75, 3.05) is 10.6 Å². The van der Waals surface area contributed by atoms with Crippen LogP contribution in [0.25, 0.3) is 0 Å². The van der Waals surface area contributed by atoms with Crippen molar-refractivity contribution in [1.82, 2.24) is 20.4 Å². The summed E-state index contributed by atoms with van der Waals surface area (Å²) in [5, 5.41) is 33.4. The number of aromatic nitrogens is 4. The third kappa shape index (κ3) is 8.49. The van der Waals surface area contributed by atoms with Gasteiger partial charge >= 0.3 is 0 Å². The number of aryl methyl sites for hydroxylation is 2. The lowest BCUT2D eigenvalue weighted by Gasteiger charge is -2.10. The summed E-state index contributed by atoms with van der Waals surface area (Å²) in [6, 6.07) is 20.6. The molecule has 4 aromatic rings. The average molecular weight is 545 g/mol. The number of anilines is 2. The Hall–Kier alpha value is -4.02. The van der Waals surface area contributed by atoms with Crippen molar-refractivity contribution in [3.8, 4) is 0 Å². The Kier molecular flexibility index (Phi) is 9.82. The normalized spacial score (nSPS) is 12.5. The molecule has 0 saturated carbocycles. The zero-order valence-corrected chi connectivity index (χ0v) is 22.8. The Balaban J connectivity index is 1.17. The summed E-state index contributed by atoms with van der Waals surface area (Å²) < 4.78 is 0. The number of aliphatic hydroxyl groups is 1. The first kappa shape index (κ1) is 28.0. The van der Waals surface area contributed by atoms with Gasteiger partial charge in [-0.2, -0.15) is 5.10 Å². The van der Waals surface area contributed by atoms with Crippen molar-refractivity contribution in [2.45, 2.75) is 58.0 Å². The summed E-state index contributed by atoms with van der Waals surface area (Å²) in [7, 11) is 0. The molecule has 2 atom stereocenters. The second kappa shape index (κ2) is 13.7. The van der Waals surface area contributed by atoms with Crippen LogP contribution in [0, 0.1) is 0 Å². The molecule has 0 aliphatic rings. The number of hydrogen-bond acceptors (Lipinski definition) is 8. The van der Waals surface area contributed by atoms with Gasteiger partial charge in [-0.3, -0.25) is 9.59 Å². The average Bonchev–Trinajstić information content (AvgIpc) is 3.39. The minimum absolute atomic E-state index is 0.104. The van der Waals surface area contributed by atoms with Crippen LogP contribution in [0.15, 0.2) is 66.7 Å². The molecule has 0 bridgehead atoms. The largest absolute Gasteiger partial charge is 0.389 e. The molecule has 1 unspecified atom stereocenters. The van der Waals surface area contributed by atoms with E-state index in [-0.39, 0.29) is 24.2 Å². The Bertz CT molecular complexity index is 1380. The molecule has 2 aromatic carbocycles. The van der Waals surface area contributed by atoms with Crippen LogP contribution in [0.5, 0.6) is 0 Å². The number of nitrogens with one attached hydrogen (secondary N) is 2. The van der Waals surface area contributed by atoms with Crippen molar-refractivity contribution in [3.05, 3.63) is 94.1 Å². The van der Waals surface area contributed by atoms with Gasteiger partial charge in [-0.05, 0) is 61.9 Å². The predicted octanol–water partition coefficient (Wildman–Crippen LogP) is 4.87. The molecule has 39 heavy (non-hydrogen) atoms. The summed E-state index contributed by atoms with van der Waals surface area (Å²) in [5.41, 5.74) is 3.40. The van der Waals surface area contributed by atoms with Crippen LogP contribution < -0.4 is 10.6 Å². The summed E-state index contributed by atoms with van der Waals surface area (Å²) in [5.74, 6) is -0.165. The van der Waals surface area contributed by atoms with Crippen LogP contribution in [-0.2, 0) is 28.9 Å². The van der Waals surface area contributed by atoms with Gasteiger partial charge in [0, 0.05) is 6.42 Å². The highest BCUT2D eigenvalue weighted by Crippen LogP contribution is 2.21. The maximum Gasteiger partial charge on any atom is 0.233 e. The van der Waals surface area contributed by atoms with Gasteiger partial charge < -0.3 is 15.7 Å². The van der Waals surface area contributed by atoms with Gasteiger partial charge in [-0.1, -0.05) is 65.9 Å². The van der Waals surface area contributed by atoms with Crippen molar-refractivity contribution >= 4 is 34.1 Å². The Morgan fingerprint density at radius 3 is 2.36 bits per heavy atom. The molecule has 3 N–H and O–H groups in total. The quantitative estimate of drug-likeness (QED) is 0.217. The van der Waals surface area contributed by atoms with Crippen LogP contribution in [0.1, 0.15) is 66.1 Å². The first-order valence-corrected chi connectivity index (χ1v) is 13.8. The fourth-order valence-corrected chi connectivity index (χ4v) is 4.77. The van der Waals surface area contributed by atoms with E-state index in [4.69, 9.17) is 0 Å². The number of benzene rings is 2. The van der Waals surface area contributed by atoms with Crippen LogP contribution in [-0.4, -0.2) is 37.3 Å². The van der Waals surface area contributed by atoms with E-state index in [0.717, 1.165) is 53.1 Å². The molecule has 0 radical (unpaired) electrons. The van der Waals surface area contributed by atoms with Gasteiger partial charge in [0.2, 0.25) is 16.9 Å². The lowest BCUT2D eigenvalue weighted by atomic mass is 10.0. The van der Waals surface area contributed by atoms with Gasteiger partial charge in [0.1, 0.15) is 5.01 Å². The Labute approximate surface area is 231 Å². The van der Waals surface area contributed by atoms with Crippen molar-refractivity contribution in [2.24, 2.45) is 0 Å². The second-order valence-electron chi connectivity index (χ2n) is 9.39. The van der Waals surface area contributed by atoms with Crippen molar-refractivity contribution in [3.63, 3.8) is 0 Å². The van der Waals surface area contributed by atoms with E-state index in [1.165, 1.54) is 11.3 Å². The number of hydrogen-bond donors (Lipinski definition) is 3. The molecule has 9 nitrogen and oxygen atoms in total. The number of aliphatic hydroxyl groups excluding tert-OH is 1. The summed E-state index contributed by atoms with van der Waals surface area (Å²) in [6.07, 6.45) is 2.92. The minimum Gasteiger partial charge on any atom is -0.389 e. The molecule has 2 aromatic heterocycles. The molecule has 0 fully saturated rings. The predicted molar refractivity (Wildman–Crippen MR) is 151 cm³/mol. The Morgan fingerprint density at radius 2 is 1.62 bits per heavy atom. The van der Waals surface area contributed by atoms with E-state index in [0.29, 0.717) is 10.9 Å². The molecular weight excluding hydrogens is 512 g/mol. The van der Waals surface area contributed by atoms with E-state index in [1.807, 2.05) is 67.6 Å². The van der Waals surface area contributed by atoms with Gasteiger partial charge in [-0.25, -0.2) is 0 Å². The molecule has 0 aliphatic heterocycles. The molecule has 0 spiro atoms. The topological polar surface area (TPSA) is 130 Å². The van der Waals surface area contributed by atoms with E-state index in [9.17, 15) is 14.7 Å². The second-order valence-corrected chi connectivity index (χ2v) is 10.4. The molecular formula is C29H32N6O3S. The highest BCUT2D eigenvalue weighted by atomic mass is 32.1. The van der Waals surface area contributed by atoms with E-state index >= 15 is 0 Å². The molecule has 202 valence electrons. The first-order chi connectivity index (χ1) is 18.9. The fourth-order valence-electron chi connectivity index (χ4n) is 3.99. The monoisotopic (exact) mass is 544 g/mol. The lowest BCUT2D eigenvalue weighted by Crippen LogP contribution is -2.18. The van der Waals surface area contributed by atoms with Gasteiger partial charge in [0.05, 0.1) is 24.1 Å². The van der Waals surface area contributed by atoms with Gasteiger partial charge in [0.25, 0.3) is 0 Å². The van der Waals surface area contributed by atoms with Crippen LogP contribution in [0.4, 0.5) is 10.9 Å². The van der Waals surface area contributed by atoms with Crippen molar-refractivity contribution in [1.29, 1.82) is 0 Å². The summed E-state index contributed by atoms with van der Waals surface area (Å²) in [4.78, 5) is 24.9. The highest BCUT2D eigenvalue weighted by Gasteiger charge is 2.17. The number of nitrogens with zero attached hydrogens (tertiary/aromatic N) is 4. The molecule has 10 heteroatoms.